The maximum Gasteiger partial charge on any atom is 0.138 e. The third-order valence-corrected chi connectivity index (χ3v) is 3.68. The van der Waals surface area contributed by atoms with Gasteiger partial charge in [-0.3, -0.25) is 0 Å². The van der Waals surface area contributed by atoms with Gasteiger partial charge in [0.15, 0.2) is 0 Å². The van der Waals surface area contributed by atoms with Crippen LogP contribution in [-0.2, 0) is 0 Å². The Morgan fingerprint density at radius 3 is 2.63 bits per heavy atom. The summed E-state index contributed by atoms with van der Waals surface area (Å²) in [7, 11) is 1.61. The summed E-state index contributed by atoms with van der Waals surface area (Å²) < 4.78 is 6.23. The Kier molecular flexibility index (Phi) is 3.21. The zero-order valence-corrected chi connectivity index (χ0v) is 12.4. The number of nitrogens with zero attached hydrogens (tertiary/aromatic N) is 1. The normalized spacial score (nSPS) is 10.9. The van der Waals surface area contributed by atoms with E-state index in [1.165, 1.54) is 0 Å². The molecule has 0 amide bonds. The van der Waals surface area contributed by atoms with E-state index < -0.39 is 0 Å². The second-order valence-electron chi connectivity index (χ2n) is 4.10. The van der Waals surface area contributed by atoms with Crippen LogP contribution in [-0.4, -0.2) is 17.1 Å². The van der Waals surface area contributed by atoms with Gasteiger partial charge < -0.3 is 9.72 Å². The Balaban J connectivity index is 2.16. The maximum atomic E-state index is 6.20. The molecule has 0 bridgehead atoms. The number of H-pyrrole nitrogens is 1. The van der Waals surface area contributed by atoms with Gasteiger partial charge in [0, 0.05) is 22.2 Å². The number of halogens is 2. The van der Waals surface area contributed by atoms with Crippen molar-refractivity contribution in [3.8, 4) is 17.1 Å². The first-order chi connectivity index (χ1) is 9.17. The van der Waals surface area contributed by atoms with E-state index in [-0.39, 0.29) is 0 Å². The van der Waals surface area contributed by atoms with Gasteiger partial charge in [-0.25, -0.2) is 4.98 Å². The highest BCUT2D eigenvalue weighted by molar-refractivity contribution is 9.10. The minimum Gasteiger partial charge on any atom is -0.497 e. The average molecular weight is 338 g/mol. The van der Waals surface area contributed by atoms with Crippen molar-refractivity contribution in [2.75, 3.05) is 7.11 Å². The molecule has 0 aliphatic heterocycles. The molecule has 0 unspecified atom stereocenters. The molecule has 0 radical (unpaired) electrons. The molecule has 0 saturated heterocycles. The van der Waals surface area contributed by atoms with Crippen LogP contribution >= 0.6 is 27.5 Å². The number of hydrogen-bond donors (Lipinski definition) is 1. The number of hydrogen-bond acceptors (Lipinski definition) is 2. The molecule has 96 valence electrons. The average Bonchev–Trinajstić information content (AvgIpc) is 2.84. The number of benzene rings is 2. The lowest BCUT2D eigenvalue weighted by Gasteiger charge is -1.99. The number of fused-ring (bicyclic) bond motifs is 1. The zero-order chi connectivity index (χ0) is 13.4. The maximum absolute atomic E-state index is 6.20. The van der Waals surface area contributed by atoms with Crippen LogP contribution in [0.5, 0.6) is 5.75 Å². The van der Waals surface area contributed by atoms with Crippen LogP contribution in [0.2, 0.25) is 5.02 Å². The number of nitrogens with one attached hydrogen (secondary N) is 1. The second kappa shape index (κ2) is 4.87. The molecule has 0 aliphatic carbocycles. The lowest BCUT2D eigenvalue weighted by molar-refractivity contribution is 0.415. The fourth-order valence-corrected chi connectivity index (χ4v) is 2.43. The van der Waals surface area contributed by atoms with Crippen molar-refractivity contribution < 1.29 is 4.74 Å². The summed E-state index contributed by atoms with van der Waals surface area (Å²) in [6.45, 7) is 0. The Bertz CT molecular complexity index is 737. The third-order valence-electron chi connectivity index (χ3n) is 2.87. The molecule has 3 aromatic rings. The Morgan fingerprint density at radius 2 is 1.95 bits per heavy atom. The van der Waals surface area contributed by atoms with Crippen molar-refractivity contribution in [3.63, 3.8) is 0 Å². The smallest absolute Gasteiger partial charge is 0.138 e. The van der Waals surface area contributed by atoms with E-state index in [0.29, 0.717) is 10.8 Å². The molecular formula is C14H10BrClN2O. The van der Waals surface area contributed by atoms with Gasteiger partial charge in [-0.05, 0) is 12.1 Å². The molecule has 0 aliphatic rings. The minimum absolute atomic E-state index is 0.578. The summed E-state index contributed by atoms with van der Waals surface area (Å²) in [5.41, 5.74) is 2.62. The Morgan fingerprint density at radius 1 is 1.21 bits per heavy atom. The van der Waals surface area contributed by atoms with Crippen LogP contribution in [0.3, 0.4) is 0 Å². The van der Waals surface area contributed by atoms with E-state index >= 15 is 0 Å². The van der Waals surface area contributed by atoms with Gasteiger partial charge in [0.1, 0.15) is 17.1 Å². The van der Waals surface area contributed by atoms with Gasteiger partial charge in [0.25, 0.3) is 0 Å². The van der Waals surface area contributed by atoms with Crippen LogP contribution < -0.4 is 4.74 Å². The second-order valence-corrected chi connectivity index (χ2v) is 5.42. The minimum atomic E-state index is 0.578. The molecule has 0 spiro atoms. The van der Waals surface area contributed by atoms with Crippen LogP contribution in [0.4, 0.5) is 0 Å². The van der Waals surface area contributed by atoms with Crippen molar-refractivity contribution in [1.29, 1.82) is 0 Å². The van der Waals surface area contributed by atoms with Crippen LogP contribution in [0.1, 0.15) is 0 Å². The molecule has 5 heteroatoms. The molecule has 19 heavy (non-hydrogen) atoms. The summed E-state index contributed by atoms with van der Waals surface area (Å²) in [5.74, 6) is 1.50. The van der Waals surface area contributed by atoms with E-state index in [0.717, 1.165) is 26.9 Å². The Hall–Kier alpha value is -1.52. The lowest BCUT2D eigenvalue weighted by atomic mass is 10.2. The standard InChI is InChI=1S/C14H10BrClN2O/c1-19-10-6-11(16)13-12(7-10)17-14(18-13)8-2-4-9(15)5-3-8/h2-7H,1H3,(H,17,18). The highest BCUT2D eigenvalue weighted by atomic mass is 79.9. The molecule has 0 saturated carbocycles. The molecule has 1 heterocycles. The quantitative estimate of drug-likeness (QED) is 0.739. The topological polar surface area (TPSA) is 37.9 Å². The predicted molar refractivity (Wildman–Crippen MR) is 80.8 cm³/mol. The highest BCUT2D eigenvalue weighted by Gasteiger charge is 2.10. The van der Waals surface area contributed by atoms with E-state index in [9.17, 15) is 0 Å². The molecule has 0 atom stereocenters. The number of methoxy groups -OCH3 is 1. The van der Waals surface area contributed by atoms with Crippen molar-refractivity contribution in [2.45, 2.75) is 0 Å². The van der Waals surface area contributed by atoms with E-state index in [4.69, 9.17) is 16.3 Å². The van der Waals surface area contributed by atoms with Crippen LogP contribution in [0.15, 0.2) is 40.9 Å². The molecule has 0 fully saturated rings. The number of aromatic nitrogens is 2. The first kappa shape index (κ1) is 12.5. The molecule has 3 nitrogen and oxygen atoms in total. The SMILES string of the molecule is COc1cc(Cl)c2nc(-c3ccc(Br)cc3)[nH]c2c1. The summed E-state index contributed by atoms with van der Waals surface area (Å²) in [4.78, 5) is 7.79. The summed E-state index contributed by atoms with van der Waals surface area (Å²) >= 11 is 9.61. The number of rotatable bonds is 2. The number of ether oxygens (including phenoxy) is 1. The largest absolute Gasteiger partial charge is 0.497 e. The van der Waals surface area contributed by atoms with Gasteiger partial charge >= 0.3 is 0 Å². The fourth-order valence-electron chi connectivity index (χ4n) is 1.91. The number of imidazole rings is 1. The van der Waals surface area contributed by atoms with Crippen molar-refractivity contribution in [1.82, 2.24) is 9.97 Å². The van der Waals surface area contributed by atoms with E-state index in [1.807, 2.05) is 30.3 Å². The van der Waals surface area contributed by atoms with Crippen LogP contribution in [0, 0.1) is 0 Å². The first-order valence-corrected chi connectivity index (χ1v) is 6.83. The molecule has 2 aromatic carbocycles. The van der Waals surface area contributed by atoms with Crippen molar-refractivity contribution >= 4 is 38.6 Å². The summed E-state index contributed by atoms with van der Waals surface area (Å²) in [5, 5.41) is 0.578. The fraction of sp³-hybridized carbons (Fsp3) is 0.0714. The summed E-state index contributed by atoms with van der Waals surface area (Å²) in [6.07, 6.45) is 0. The van der Waals surface area contributed by atoms with Gasteiger partial charge in [-0.1, -0.05) is 39.7 Å². The van der Waals surface area contributed by atoms with Crippen molar-refractivity contribution in [2.24, 2.45) is 0 Å². The van der Waals surface area contributed by atoms with Gasteiger partial charge in [0.05, 0.1) is 17.6 Å². The molecule has 3 rings (SSSR count). The van der Waals surface area contributed by atoms with Gasteiger partial charge in [0.2, 0.25) is 0 Å². The van der Waals surface area contributed by atoms with Crippen molar-refractivity contribution in [3.05, 3.63) is 45.9 Å². The number of aromatic amines is 1. The van der Waals surface area contributed by atoms with E-state index in [1.54, 1.807) is 13.2 Å². The predicted octanol–water partition coefficient (Wildman–Crippen LogP) is 4.65. The monoisotopic (exact) mass is 336 g/mol. The third kappa shape index (κ3) is 2.33. The summed E-state index contributed by atoms with van der Waals surface area (Å²) in [6, 6.07) is 11.6. The van der Waals surface area contributed by atoms with E-state index in [2.05, 4.69) is 25.9 Å². The molecular weight excluding hydrogens is 328 g/mol. The first-order valence-electron chi connectivity index (χ1n) is 5.66. The van der Waals surface area contributed by atoms with Crippen LogP contribution in [0.25, 0.3) is 22.4 Å². The van der Waals surface area contributed by atoms with Gasteiger partial charge in [-0.2, -0.15) is 0 Å². The molecule has 1 aromatic heterocycles. The zero-order valence-electron chi connectivity index (χ0n) is 10.1. The highest BCUT2D eigenvalue weighted by Crippen LogP contribution is 2.30. The Labute approximate surface area is 123 Å². The molecule has 1 N–H and O–H groups in total. The van der Waals surface area contributed by atoms with Gasteiger partial charge in [-0.15, -0.1) is 0 Å². The lowest BCUT2D eigenvalue weighted by Crippen LogP contribution is -1.82.